The topological polar surface area (TPSA) is 90.7 Å². The Hall–Kier alpha value is -2.80. The summed E-state index contributed by atoms with van der Waals surface area (Å²) >= 11 is 5.79. The number of benzene rings is 2. The number of halogens is 1. The summed E-state index contributed by atoms with van der Waals surface area (Å²) < 4.78 is 10.6. The van der Waals surface area contributed by atoms with E-state index in [4.69, 9.17) is 21.1 Å². The summed E-state index contributed by atoms with van der Waals surface area (Å²) in [7, 11) is 1.38. The first-order valence-electron chi connectivity index (χ1n) is 7.50. The molecule has 25 heavy (non-hydrogen) atoms. The monoisotopic (exact) mass is 364 g/mol. The molecule has 0 aliphatic heterocycles. The number of carbonyl (C=O) groups excluding carboxylic acids is 1. The number of anilines is 1. The van der Waals surface area contributed by atoms with Crippen LogP contribution < -0.4 is 14.8 Å². The van der Waals surface area contributed by atoms with Crippen molar-refractivity contribution in [1.29, 1.82) is 0 Å². The molecule has 0 fully saturated rings. The van der Waals surface area contributed by atoms with E-state index in [1.54, 1.807) is 24.3 Å². The van der Waals surface area contributed by atoms with Crippen molar-refractivity contribution in [2.45, 2.75) is 12.8 Å². The number of hydrogen-bond acceptors (Lipinski definition) is 5. The average molecular weight is 365 g/mol. The molecular weight excluding hydrogens is 348 g/mol. The first kappa shape index (κ1) is 18.5. The molecule has 2 aromatic carbocycles. The Morgan fingerprint density at radius 1 is 1.24 bits per heavy atom. The lowest BCUT2D eigenvalue weighted by Crippen LogP contribution is -2.13. The van der Waals surface area contributed by atoms with Crippen LogP contribution >= 0.6 is 11.6 Å². The molecule has 0 saturated heterocycles. The van der Waals surface area contributed by atoms with E-state index in [-0.39, 0.29) is 23.8 Å². The van der Waals surface area contributed by atoms with Gasteiger partial charge in [0, 0.05) is 17.5 Å². The van der Waals surface area contributed by atoms with E-state index in [1.165, 1.54) is 25.3 Å². The minimum Gasteiger partial charge on any atom is -0.494 e. The predicted molar refractivity (Wildman–Crippen MR) is 94.5 cm³/mol. The number of non-ortho nitro benzene ring substituents is 1. The van der Waals surface area contributed by atoms with Crippen molar-refractivity contribution >= 4 is 28.9 Å². The average Bonchev–Trinajstić information content (AvgIpc) is 2.60. The zero-order chi connectivity index (χ0) is 18.2. The molecule has 0 aromatic heterocycles. The Morgan fingerprint density at radius 3 is 2.60 bits per heavy atom. The van der Waals surface area contributed by atoms with Gasteiger partial charge >= 0.3 is 0 Å². The Balaban J connectivity index is 1.81. The van der Waals surface area contributed by atoms with Crippen LogP contribution in [0.4, 0.5) is 11.4 Å². The number of amides is 1. The van der Waals surface area contributed by atoms with Crippen molar-refractivity contribution in [2.75, 3.05) is 19.0 Å². The maximum Gasteiger partial charge on any atom is 0.273 e. The molecule has 0 aliphatic rings. The number of nitro groups is 1. The van der Waals surface area contributed by atoms with Gasteiger partial charge in [0.15, 0.2) is 0 Å². The zero-order valence-corrected chi connectivity index (χ0v) is 14.3. The molecule has 0 aliphatic carbocycles. The molecule has 0 saturated carbocycles. The number of methoxy groups -OCH3 is 1. The van der Waals surface area contributed by atoms with E-state index in [2.05, 4.69) is 5.32 Å². The standard InChI is InChI=1S/C17H17ClN2O5/c1-24-16-11-13(20(22)23)6-9-15(16)19-17(21)3-2-10-25-14-7-4-12(18)5-8-14/h4-9,11H,2-3,10H2,1H3,(H,19,21). The summed E-state index contributed by atoms with van der Waals surface area (Å²) in [6, 6.07) is 11.0. The Morgan fingerprint density at radius 2 is 1.96 bits per heavy atom. The van der Waals surface area contributed by atoms with Crippen molar-refractivity contribution < 1.29 is 19.2 Å². The lowest BCUT2D eigenvalue weighted by atomic mass is 10.2. The Bertz CT molecular complexity index is 749. The predicted octanol–water partition coefficient (Wildman–Crippen LogP) is 4.05. The van der Waals surface area contributed by atoms with E-state index in [0.717, 1.165) is 0 Å². The van der Waals surface area contributed by atoms with Crippen LogP contribution in [-0.4, -0.2) is 24.5 Å². The number of nitrogens with zero attached hydrogens (tertiary/aromatic N) is 1. The molecule has 2 aromatic rings. The normalized spacial score (nSPS) is 10.2. The van der Waals surface area contributed by atoms with Crippen molar-refractivity contribution in [3.8, 4) is 11.5 Å². The van der Waals surface area contributed by atoms with Gasteiger partial charge in [0.2, 0.25) is 5.91 Å². The maximum absolute atomic E-state index is 12.0. The van der Waals surface area contributed by atoms with Crippen LogP contribution in [0.3, 0.4) is 0 Å². The lowest BCUT2D eigenvalue weighted by molar-refractivity contribution is -0.384. The fourth-order valence-corrected chi connectivity index (χ4v) is 2.19. The summed E-state index contributed by atoms with van der Waals surface area (Å²) in [4.78, 5) is 22.2. The Kier molecular flexibility index (Phi) is 6.59. The highest BCUT2D eigenvalue weighted by atomic mass is 35.5. The summed E-state index contributed by atoms with van der Waals surface area (Å²) in [5, 5.41) is 14.1. The second-order valence-corrected chi connectivity index (χ2v) is 5.53. The van der Waals surface area contributed by atoms with E-state index in [0.29, 0.717) is 29.5 Å². The molecule has 0 radical (unpaired) electrons. The van der Waals surface area contributed by atoms with Crippen LogP contribution in [0.15, 0.2) is 42.5 Å². The van der Waals surface area contributed by atoms with Crippen molar-refractivity contribution in [1.82, 2.24) is 0 Å². The number of ether oxygens (including phenoxy) is 2. The lowest BCUT2D eigenvalue weighted by Gasteiger charge is -2.10. The highest BCUT2D eigenvalue weighted by Gasteiger charge is 2.13. The van der Waals surface area contributed by atoms with Gasteiger partial charge in [-0.05, 0) is 36.8 Å². The maximum atomic E-state index is 12.0. The molecule has 132 valence electrons. The first-order chi connectivity index (χ1) is 12.0. The molecule has 0 unspecified atom stereocenters. The smallest absolute Gasteiger partial charge is 0.273 e. The van der Waals surface area contributed by atoms with Gasteiger partial charge in [0.05, 0.1) is 30.4 Å². The van der Waals surface area contributed by atoms with Crippen LogP contribution in [-0.2, 0) is 4.79 Å². The molecule has 0 bridgehead atoms. The van der Waals surface area contributed by atoms with Crippen LogP contribution in [0, 0.1) is 10.1 Å². The number of carbonyl (C=O) groups is 1. The SMILES string of the molecule is COc1cc([N+](=O)[O-])ccc1NC(=O)CCCOc1ccc(Cl)cc1. The number of hydrogen-bond donors (Lipinski definition) is 1. The van der Waals surface area contributed by atoms with Gasteiger partial charge in [0.25, 0.3) is 5.69 Å². The third-order valence-corrected chi connectivity index (χ3v) is 3.55. The second-order valence-electron chi connectivity index (χ2n) is 5.10. The van der Waals surface area contributed by atoms with Gasteiger partial charge in [-0.1, -0.05) is 11.6 Å². The zero-order valence-electron chi connectivity index (χ0n) is 13.5. The van der Waals surface area contributed by atoms with Crippen LogP contribution in [0.25, 0.3) is 0 Å². The molecule has 0 heterocycles. The van der Waals surface area contributed by atoms with Crippen molar-refractivity contribution in [3.05, 3.63) is 57.6 Å². The Labute approximate surface area is 149 Å². The number of rotatable bonds is 8. The summed E-state index contributed by atoms with van der Waals surface area (Å²) in [5.74, 6) is 0.689. The fraction of sp³-hybridized carbons (Fsp3) is 0.235. The summed E-state index contributed by atoms with van der Waals surface area (Å²) in [5.41, 5.74) is 0.280. The van der Waals surface area contributed by atoms with E-state index < -0.39 is 4.92 Å². The van der Waals surface area contributed by atoms with Crippen LogP contribution in [0.5, 0.6) is 11.5 Å². The van der Waals surface area contributed by atoms with E-state index >= 15 is 0 Å². The highest BCUT2D eigenvalue weighted by molar-refractivity contribution is 6.30. The largest absolute Gasteiger partial charge is 0.494 e. The molecule has 0 spiro atoms. The molecule has 1 amide bonds. The van der Waals surface area contributed by atoms with Crippen LogP contribution in [0.2, 0.25) is 5.02 Å². The number of nitrogens with one attached hydrogen (secondary N) is 1. The van der Waals surface area contributed by atoms with Gasteiger partial charge in [-0.15, -0.1) is 0 Å². The molecule has 1 N–H and O–H groups in total. The molecular formula is C17H17ClN2O5. The molecule has 2 rings (SSSR count). The molecule has 7 nitrogen and oxygen atoms in total. The van der Waals surface area contributed by atoms with Crippen LogP contribution in [0.1, 0.15) is 12.8 Å². The summed E-state index contributed by atoms with van der Waals surface area (Å²) in [6.45, 7) is 0.381. The fourth-order valence-electron chi connectivity index (χ4n) is 2.06. The quantitative estimate of drug-likeness (QED) is 0.433. The van der Waals surface area contributed by atoms with E-state index in [1.807, 2.05) is 0 Å². The second kappa shape index (κ2) is 8.89. The minimum absolute atomic E-state index is 0.105. The van der Waals surface area contributed by atoms with Crippen molar-refractivity contribution in [3.63, 3.8) is 0 Å². The van der Waals surface area contributed by atoms with E-state index in [9.17, 15) is 14.9 Å². The van der Waals surface area contributed by atoms with Gasteiger partial charge in [-0.3, -0.25) is 14.9 Å². The van der Waals surface area contributed by atoms with Gasteiger partial charge in [-0.25, -0.2) is 0 Å². The van der Waals surface area contributed by atoms with Gasteiger partial charge in [-0.2, -0.15) is 0 Å². The van der Waals surface area contributed by atoms with Crippen molar-refractivity contribution in [2.24, 2.45) is 0 Å². The molecule has 8 heteroatoms. The summed E-state index contributed by atoms with van der Waals surface area (Å²) in [6.07, 6.45) is 0.761. The third kappa shape index (κ3) is 5.65. The van der Waals surface area contributed by atoms with Gasteiger partial charge < -0.3 is 14.8 Å². The first-order valence-corrected chi connectivity index (χ1v) is 7.88. The van der Waals surface area contributed by atoms with Gasteiger partial charge in [0.1, 0.15) is 11.5 Å². The third-order valence-electron chi connectivity index (χ3n) is 3.30. The minimum atomic E-state index is -0.526. The highest BCUT2D eigenvalue weighted by Crippen LogP contribution is 2.29. The number of nitro benzene ring substituents is 1. The molecule has 0 atom stereocenters.